The Balaban J connectivity index is 2.49. The minimum atomic E-state index is -1.32. The summed E-state index contributed by atoms with van der Waals surface area (Å²) in [5.74, 6) is -1.58. The van der Waals surface area contributed by atoms with Crippen LogP contribution in [0.3, 0.4) is 0 Å². The summed E-state index contributed by atoms with van der Waals surface area (Å²) in [4.78, 5) is 20.2. The molecule has 0 radical (unpaired) electrons. The Morgan fingerprint density at radius 3 is 2.75 bits per heavy atom. The SMILES string of the molecule is CCOC1OOC(C)(C(C)=O)O1. The molecular formula is C7H12O5. The van der Waals surface area contributed by atoms with Crippen molar-refractivity contribution in [1.29, 1.82) is 0 Å². The first-order chi connectivity index (χ1) is 5.58. The van der Waals surface area contributed by atoms with Gasteiger partial charge in [0, 0.05) is 20.5 Å². The van der Waals surface area contributed by atoms with E-state index in [1.54, 1.807) is 6.92 Å². The fourth-order valence-corrected chi connectivity index (χ4v) is 0.694. The largest absolute Gasteiger partial charge is 0.328 e. The van der Waals surface area contributed by atoms with Crippen molar-refractivity contribution < 1.29 is 24.0 Å². The topological polar surface area (TPSA) is 54.0 Å². The lowest BCUT2D eigenvalue weighted by Gasteiger charge is -2.14. The van der Waals surface area contributed by atoms with Gasteiger partial charge in [0.25, 0.3) is 5.79 Å². The van der Waals surface area contributed by atoms with E-state index in [2.05, 4.69) is 9.78 Å². The molecule has 12 heavy (non-hydrogen) atoms. The maximum absolute atomic E-state index is 10.9. The van der Waals surface area contributed by atoms with Crippen molar-refractivity contribution in [2.24, 2.45) is 0 Å². The highest BCUT2D eigenvalue weighted by Crippen LogP contribution is 2.25. The Labute approximate surface area is 70.5 Å². The highest BCUT2D eigenvalue weighted by molar-refractivity contribution is 5.82. The molecule has 70 valence electrons. The van der Waals surface area contributed by atoms with Crippen molar-refractivity contribution >= 4 is 5.78 Å². The number of hydrogen-bond donors (Lipinski definition) is 0. The molecule has 5 heteroatoms. The number of hydrogen-bond acceptors (Lipinski definition) is 5. The van der Waals surface area contributed by atoms with Crippen LogP contribution in [0.25, 0.3) is 0 Å². The Bertz CT molecular complexity index is 181. The maximum Gasteiger partial charge on any atom is 0.304 e. The van der Waals surface area contributed by atoms with Crippen LogP contribution in [-0.4, -0.2) is 24.7 Å². The number of ketones is 1. The first-order valence-electron chi connectivity index (χ1n) is 3.73. The molecule has 1 aliphatic heterocycles. The number of Topliss-reactive ketones (excluding diaryl/α,β-unsaturated/α-hetero) is 1. The number of ether oxygens (including phenoxy) is 2. The predicted molar refractivity (Wildman–Crippen MR) is 37.8 cm³/mol. The summed E-state index contributed by atoms with van der Waals surface area (Å²) in [5, 5.41) is 0. The quantitative estimate of drug-likeness (QED) is 0.589. The van der Waals surface area contributed by atoms with Crippen molar-refractivity contribution in [2.75, 3.05) is 6.61 Å². The minimum absolute atomic E-state index is 0.260. The monoisotopic (exact) mass is 176 g/mol. The van der Waals surface area contributed by atoms with Crippen molar-refractivity contribution in [3.63, 3.8) is 0 Å². The molecule has 0 N–H and O–H groups in total. The van der Waals surface area contributed by atoms with E-state index in [1.807, 2.05) is 0 Å². The summed E-state index contributed by atoms with van der Waals surface area (Å²) in [6, 6.07) is 0. The molecule has 1 aliphatic rings. The molecule has 2 unspecified atom stereocenters. The molecule has 1 fully saturated rings. The van der Waals surface area contributed by atoms with Crippen molar-refractivity contribution in [3.05, 3.63) is 0 Å². The van der Waals surface area contributed by atoms with Crippen molar-refractivity contribution in [1.82, 2.24) is 0 Å². The van der Waals surface area contributed by atoms with E-state index in [-0.39, 0.29) is 5.78 Å². The summed E-state index contributed by atoms with van der Waals surface area (Å²) in [7, 11) is 0. The molecule has 1 saturated heterocycles. The Hall–Kier alpha value is -0.490. The normalized spacial score (nSPS) is 35.4. The van der Waals surface area contributed by atoms with Crippen LogP contribution >= 0.6 is 0 Å². The van der Waals surface area contributed by atoms with E-state index in [1.165, 1.54) is 13.8 Å². The van der Waals surface area contributed by atoms with Crippen LogP contribution in [0.1, 0.15) is 20.8 Å². The lowest BCUT2D eigenvalue weighted by atomic mass is 10.2. The van der Waals surface area contributed by atoms with Gasteiger partial charge in [-0.25, -0.2) is 0 Å². The summed E-state index contributed by atoms with van der Waals surface area (Å²) >= 11 is 0. The molecule has 0 aromatic rings. The molecule has 0 bridgehead atoms. The van der Waals surface area contributed by atoms with E-state index in [0.717, 1.165) is 0 Å². The zero-order chi connectivity index (χ0) is 9.19. The van der Waals surface area contributed by atoms with Gasteiger partial charge in [0.2, 0.25) is 0 Å². The van der Waals surface area contributed by atoms with Gasteiger partial charge in [0.1, 0.15) is 0 Å². The predicted octanol–water partition coefficient (Wildman–Crippen LogP) is 0.590. The lowest BCUT2D eigenvalue weighted by molar-refractivity contribution is -0.355. The molecule has 2 atom stereocenters. The third-order valence-electron chi connectivity index (χ3n) is 1.55. The molecule has 1 heterocycles. The number of carbonyl (C=O) groups is 1. The molecule has 5 nitrogen and oxygen atoms in total. The van der Waals surface area contributed by atoms with Gasteiger partial charge in [0.15, 0.2) is 5.78 Å². The number of rotatable bonds is 3. The van der Waals surface area contributed by atoms with Gasteiger partial charge in [-0.15, -0.1) is 0 Å². The van der Waals surface area contributed by atoms with Crippen LogP contribution in [-0.2, 0) is 24.0 Å². The summed E-state index contributed by atoms with van der Waals surface area (Å²) in [5.41, 5.74) is 0. The van der Waals surface area contributed by atoms with Crippen LogP contribution in [0.4, 0.5) is 0 Å². The summed E-state index contributed by atoms with van der Waals surface area (Å²) in [6.45, 7) is 4.16. The molecule has 0 amide bonds. The molecule has 0 aromatic heterocycles. The van der Waals surface area contributed by atoms with Gasteiger partial charge in [0.05, 0.1) is 0 Å². The van der Waals surface area contributed by atoms with Crippen LogP contribution in [0.15, 0.2) is 0 Å². The fourth-order valence-electron chi connectivity index (χ4n) is 0.694. The van der Waals surface area contributed by atoms with E-state index < -0.39 is 12.3 Å². The molecule has 0 spiro atoms. The van der Waals surface area contributed by atoms with Gasteiger partial charge in [-0.2, -0.15) is 9.78 Å². The average Bonchev–Trinajstić information content (AvgIpc) is 2.34. The molecule has 0 aromatic carbocycles. The van der Waals surface area contributed by atoms with Gasteiger partial charge in [-0.1, -0.05) is 0 Å². The van der Waals surface area contributed by atoms with E-state index >= 15 is 0 Å². The van der Waals surface area contributed by atoms with Gasteiger partial charge < -0.3 is 4.74 Å². The van der Waals surface area contributed by atoms with Crippen LogP contribution in [0, 0.1) is 0 Å². The lowest BCUT2D eigenvalue weighted by Crippen LogP contribution is -2.35. The van der Waals surface area contributed by atoms with Crippen LogP contribution in [0.2, 0.25) is 0 Å². The van der Waals surface area contributed by atoms with Crippen LogP contribution in [0.5, 0.6) is 0 Å². The molecule has 0 saturated carbocycles. The zero-order valence-electron chi connectivity index (χ0n) is 7.33. The highest BCUT2D eigenvalue weighted by atomic mass is 17.3. The van der Waals surface area contributed by atoms with Crippen molar-refractivity contribution in [3.8, 4) is 0 Å². The molecule has 0 aliphatic carbocycles. The zero-order valence-corrected chi connectivity index (χ0v) is 7.33. The smallest absolute Gasteiger partial charge is 0.304 e. The fraction of sp³-hybridized carbons (Fsp3) is 0.857. The average molecular weight is 176 g/mol. The van der Waals surface area contributed by atoms with Gasteiger partial charge >= 0.3 is 6.48 Å². The van der Waals surface area contributed by atoms with E-state index in [9.17, 15) is 4.79 Å². The number of carbonyl (C=O) groups excluding carboxylic acids is 1. The second-order valence-electron chi connectivity index (χ2n) is 2.54. The highest BCUT2D eigenvalue weighted by Gasteiger charge is 2.44. The van der Waals surface area contributed by atoms with Gasteiger partial charge in [-0.05, 0) is 6.92 Å². The maximum atomic E-state index is 10.9. The Morgan fingerprint density at radius 1 is 1.67 bits per heavy atom. The molecule has 1 rings (SSSR count). The summed E-state index contributed by atoms with van der Waals surface area (Å²) < 4.78 is 9.96. The van der Waals surface area contributed by atoms with E-state index in [0.29, 0.717) is 6.61 Å². The van der Waals surface area contributed by atoms with E-state index in [4.69, 9.17) is 9.47 Å². The van der Waals surface area contributed by atoms with Crippen molar-refractivity contribution in [2.45, 2.75) is 33.0 Å². The second kappa shape index (κ2) is 3.49. The van der Waals surface area contributed by atoms with Gasteiger partial charge in [-0.3, -0.25) is 9.53 Å². The first-order valence-corrected chi connectivity index (χ1v) is 3.73. The minimum Gasteiger partial charge on any atom is -0.328 e. The first kappa shape index (κ1) is 9.60. The third kappa shape index (κ3) is 1.81. The Morgan fingerprint density at radius 2 is 2.33 bits per heavy atom. The summed E-state index contributed by atoms with van der Waals surface area (Å²) in [6.07, 6.45) is 0. The second-order valence-corrected chi connectivity index (χ2v) is 2.54. The standard InChI is InChI=1S/C7H12O5/c1-4-9-6-10-7(3,5(2)8)12-11-6/h6H,4H2,1-3H3. The third-order valence-corrected chi connectivity index (χ3v) is 1.55. The van der Waals surface area contributed by atoms with Crippen LogP contribution < -0.4 is 0 Å². The molecular weight excluding hydrogens is 164 g/mol. The Kier molecular flexibility index (Phi) is 2.79.